The third kappa shape index (κ3) is 6.51. The van der Waals surface area contributed by atoms with Crippen molar-refractivity contribution in [3.05, 3.63) is 29.3 Å². The monoisotopic (exact) mass is 256 g/mol. The Morgan fingerprint density at radius 1 is 1.35 bits per heavy atom. The molecule has 0 radical (unpaired) electrons. The van der Waals surface area contributed by atoms with Crippen LogP contribution in [-0.2, 0) is 0 Å². The van der Waals surface area contributed by atoms with E-state index in [9.17, 15) is 0 Å². The van der Waals surface area contributed by atoms with Crippen molar-refractivity contribution in [2.24, 2.45) is 0 Å². The van der Waals surface area contributed by atoms with E-state index in [1.165, 1.54) is 0 Å². The van der Waals surface area contributed by atoms with E-state index in [-0.39, 0.29) is 0 Å². The fourth-order valence-corrected chi connectivity index (χ4v) is 1.69. The molecule has 0 aliphatic heterocycles. The molecule has 0 unspecified atom stereocenters. The molecule has 0 saturated heterocycles. The van der Waals surface area contributed by atoms with Crippen LogP contribution in [0.5, 0.6) is 5.75 Å². The molecular formula is C13H21ClN2O. The summed E-state index contributed by atoms with van der Waals surface area (Å²) in [6.45, 7) is 3.76. The lowest BCUT2D eigenvalue weighted by molar-refractivity contribution is 0.236. The summed E-state index contributed by atoms with van der Waals surface area (Å²) in [5.74, 6) is 0.834. The summed E-state index contributed by atoms with van der Waals surface area (Å²) < 4.78 is 5.62. The van der Waals surface area contributed by atoms with Gasteiger partial charge < -0.3 is 15.0 Å². The van der Waals surface area contributed by atoms with Crippen LogP contribution in [0.1, 0.15) is 6.42 Å². The van der Waals surface area contributed by atoms with E-state index in [0.717, 1.165) is 31.8 Å². The molecule has 96 valence electrons. The first-order valence-electron chi connectivity index (χ1n) is 5.94. The summed E-state index contributed by atoms with van der Waals surface area (Å²) in [5, 5.41) is 3.85. The van der Waals surface area contributed by atoms with E-state index in [1.807, 2.05) is 31.3 Å². The number of nitrogens with zero attached hydrogens (tertiary/aromatic N) is 1. The van der Waals surface area contributed by atoms with Gasteiger partial charge in [-0.15, -0.1) is 0 Å². The average molecular weight is 257 g/mol. The van der Waals surface area contributed by atoms with Gasteiger partial charge in [-0.25, -0.2) is 0 Å². The molecular weight excluding hydrogens is 236 g/mol. The molecule has 17 heavy (non-hydrogen) atoms. The molecule has 0 aliphatic rings. The molecule has 0 heterocycles. The van der Waals surface area contributed by atoms with Gasteiger partial charge in [0.05, 0.1) is 0 Å². The van der Waals surface area contributed by atoms with E-state index in [0.29, 0.717) is 11.6 Å². The van der Waals surface area contributed by atoms with Gasteiger partial charge >= 0.3 is 0 Å². The lowest BCUT2D eigenvalue weighted by Crippen LogP contribution is -2.27. The van der Waals surface area contributed by atoms with Crippen LogP contribution in [0.25, 0.3) is 0 Å². The van der Waals surface area contributed by atoms with E-state index in [4.69, 9.17) is 16.3 Å². The maximum absolute atomic E-state index is 5.87. The van der Waals surface area contributed by atoms with E-state index in [2.05, 4.69) is 17.3 Å². The summed E-state index contributed by atoms with van der Waals surface area (Å²) in [6, 6.07) is 7.50. The summed E-state index contributed by atoms with van der Waals surface area (Å²) >= 11 is 5.87. The highest BCUT2D eigenvalue weighted by Gasteiger charge is 1.99. The van der Waals surface area contributed by atoms with Gasteiger partial charge in [0.2, 0.25) is 0 Å². The maximum atomic E-state index is 5.87. The Hall–Kier alpha value is -0.770. The van der Waals surface area contributed by atoms with Crippen molar-refractivity contribution in [3.8, 4) is 5.75 Å². The predicted octanol–water partition coefficient (Wildman–Crippen LogP) is 2.26. The van der Waals surface area contributed by atoms with Crippen LogP contribution >= 0.6 is 11.6 Å². The second kappa shape index (κ2) is 8.34. The molecule has 0 amide bonds. The summed E-state index contributed by atoms with van der Waals surface area (Å²) in [4.78, 5) is 2.27. The Balaban J connectivity index is 2.14. The van der Waals surface area contributed by atoms with E-state index < -0.39 is 0 Å². The maximum Gasteiger partial charge on any atom is 0.120 e. The predicted molar refractivity (Wildman–Crippen MR) is 73.0 cm³/mol. The fraction of sp³-hybridized carbons (Fsp3) is 0.538. The minimum Gasteiger partial charge on any atom is -0.492 e. The molecule has 0 atom stereocenters. The van der Waals surface area contributed by atoms with Gasteiger partial charge in [-0.3, -0.25) is 0 Å². The molecule has 3 nitrogen and oxygen atoms in total. The van der Waals surface area contributed by atoms with E-state index in [1.54, 1.807) is 0 Å². The Morgan fingerprint density at radius 3 is 2.88 bits per heavy atom. The van der Waals surface area contributed by atoms with Crippen LogP contribution in [0, 0.1) is 0 Å². The molecule has 0 saturated carbocycles. The van der Waals surface area contributed by atoms with Gasteiger partial charge in [-0.1, -0.05) is 17.7 Å². The second-order valence-electron chi connectivity index (χ2n) is 4.07. The number of hydrogen-bond donors (Lipinski definition) is 1. The molecule has 1 aromatic carbocycles. The van der Waals surface area contributed by atoms with Crippen molar-refractivity contribution >= 4 is 11.6 Å². The first-order valence-corrected chi connectivity index (χ1v) is 6.31. The van der Waals surface area contributed by atoms with Crippen molar-refractivity contribution in [2.45, 2.75) is 6.42 Å². The lowest BCUT2D eigenvalue weighted by Gasteiger charge is -2.16. The van der Waals surface area contributed by atoms with Gasteiger partial charge in [-0.2, -0.15) is 0 Å². The van der Waals surface area contributed by atoms with Gasteiger partial charge in [0.25, 0.3) is 0 Å². The zero-order chi connectivity index (χ0) is 12.5. The Kier molecular flexibility index (Phi) is 7.01. The highest BCUT2D eigenvalue weighted by atomic mass is 35.5. The first kappa shape index (κ1) is 14.3. The van der Waals surface area contributed by atoms with Crippen molar-refractivity contribution in [3.63, 3.8) is 0 Å². The zero-order valence-corrected chi connectivity index (χ0v) is 11.3. The largest absolute Gasteiger partial charge is 0.492 e. The highest BCUT2D eigenvalue weighted by Crippen LogP contribution is 2.16. The van der Waals surface area contributed by atoms with Gasteiger partial charge in [0.1, 0.15) is 12.4 Å². The Bertz CT molecular complexity index is 320. The Labute approximate surface area is 109 Å². The standard InChI is InChI=1S/C13H21ClN2O/c1-15-7-4-8-16(2)9-10-17-13-6-3-5-12(14)11-13/h3,5-6,11,15H,4,7-10H2,1-2H3. The highest BCUT2D eigenvalue weighted by molar-refractivity contribution is 6.30. The van der Waals surface area contributed by atoms with Crippen LogP contribution < -0.4 is 10.1 Å². The molecule has 0 aliphatic carbocycles. The number of nitrogens with one attached hydrogen (secondary N) is 1. The molecule has 0 spiro atoms. The van der Waals surface area contributed by atoms with Crippen LogP contribution in [0.15, 0.2) is 24.3 Å². The third-order valence-corrected chi connectivity index (χ3v) is 2.74. The number of ether oxygens (including phenoxy) is 1. The van der Waals surface area contributed by atoms with Crippen LogP contribution in [-0.4, -0.2) is 45.2 Å². The average Bonchev–Trinajstić information content (AvgIpc) is 2.29. The molecule has 0 fully saturated rings. The molecule has 0 aromatic heterocycles. The van der Waals surface area contributed by atoms with Crippen molar-refractivity contribution < 1.29 is 4.74 Å². The van der Waals surface area contributed by atoms with Crippen LogP contribution in [0.3, 0.4) is 0 Å². The number of hydrogen-bond acceptors (Lipinski definition) is 3. The van der Waals surface area contributed by atoms with Crippen molar-refractivity contribution in [2.75, 3.05) is 40.3 Å². The fourth-order valence-electron chi connectivity index (χ4n) is 1.51. The SMILES string of the molecule is CNCCCN(C)CCOc1cccc(Cl)c1. The smallest absolute Gasteiger partial charge is 0.120 e. The summed E-state index contributed by atoms with van der Waals surface area (Å²) in [6.07, 6.45) is 1.16. The first-order chi connectivity index (χ1) is 8.22. The zero-order valence-electron chi connectivity index (χ0n) is 10.6. The topological polar surface area (TPSA) is 24.5 Å². The molecule has 0 bridgehead atoms. The molecule has 1 aromatic rings. The quantitative estimate of drug-likeness (QED) is 0.722. The number of benzene rings is 1. The minimum absolute atomic E-state index is 0.691. The van der Waals surface area contributed by atoms with Gasteiger partial charge in [-0.05, 0) is 51.8 Å². The van der Waals surface area contributed by atoms with Crippen molar-refractivity contribution in [1.82, 2.24) is 10.2 Å². The summed E-state index contributed by atoms with van der Waals surface area (Å²) in [7, 11) is 4.08. The van der Waals surface area contributed by atoms with Crippen molar-refractivity contribution in [1.29, 1.82) is 0 Å². The van der Waals surface area contributed by atoms with Crippen LogP contribution in [0.2, 0.25) is 5.02 Å². The molecule has 4 heteroatoms. The van der Waals surface area contributed by atoms with Gasteiger partial charge in [0, 0.05) is 11.6 Å². The molecule has 1 rings (SSSR count). The Morgan fingerprint density at radius 2 is 2.18 bits per heavy atom. The molecule has 1 N–H and O–H groups in total. The third-order valence-electron chi connectivity index (χ3n) is 2.50. The number of likely N-dealkylation sites (N-methyl/N-ethyl adjacent to an activating group) is 1. The summed E-state index contributed by atoms with van der Waals surface area (Å²) in [5.41, 5.74) is 0. The number of rotatable bonds is 8. The number of halogens is 1. The second-order valence-corrected chi connectivity index (χ2v) is 4.50. The van der Waals surface area contributed by atoms with Gasteiger partial charge in [0.15, 0.2) is 0 Å². The van der Waals surface area contributed by atoms with Crippen LogP contribution in [0.4, 0.5) is 0 Å². The minimum atomic E-state index is 0.691. The lowest BCUT2D eigenvalue weighted by atomic mass is 10.3. The normalized spacial score (nSPS) is 10.8. The van der Waals surface area contributed by atoms with E-state index >= 15 is 0 Å².